The van der Waals surface area contributed by atoms with Crippen molar-refractivity contribution in [1.29, 1.82) is 0 Å². The van der Waals surface area contributed by atoms with E-state index in [-0.39, 0.29) is 17.9 Å². The summed E-state index contributed by atoms with van der Waals surface area (Å²) in [5, 5.41) is 0. The second-order valence-corrected chi connectivity index (χ2v) is 5.30. The number of pyridine rings is 1. The fourth-order valence-electron chi connectivity index (χ4n) is 1.49. The predicted octanol–water partition coefficient (Wildman–Crippen LogP) is 3.56. The molecule has 0 aliphatic carbocycles. The lowest BCUT2D eigenvalue weighted by Crippen LogP contribution is -2.21. The Bertz CT molecular complexity index is 610. The van der Waals surface area contributed by atoms with Gasteiger partial charge in [0, 0.05) is 16.2 Å². The number of benzene rings is 1. The molecule has 2 aromatic rings. The van der Waals surface area contributed by atoms with Crippen molar-refractivity contribution in [2.24, 2.45) is 0 Å². The third-order valence-electron chi connectivity index (χ3n) is 2.31. The first-order valence-electron chi connectivity index (χ1n) is 4.87. The van der Waals surface area contributed by atoms with Gasteiger partial charge in [-0.15, -0.1) is 0 Å². The Kier molecular flexibility index (Phi) is 3.79. The van der Waals surface area contributed by atoms with Crippen LogP contribution in [0.2, 0.25) is 0 Å². The molecule has 0 bridgehead atoms. The Morgan fingerprint density at radius 2 is 1.94 bits per heavy atom. The van der Waals surface area contributed by atoms with E-state index in [1.54, 1.807) is 30.5 Å². The fourth-order valence-corrected chi connectivity index (χ4v) is 2.75. The molecular formula is C12H8Br2FNO. The van der Waals surface area contributed by atoms with Crippen LogP contribution in [0.4, 0.5) is 4.39 Å². The molecule has 0 amide bonds. The molecule has 1 aromatic heterocycles. The monoisotopic (exact) mass is 359 g/mol. The zero-order valence-electron chi connectivity index (χ0n) is 8.66. The Morgan fingerprint density at radius 3 is 2.65 bits per heavy atom. The number of aromatic nitrogens is 1. The maximum absolute atomic E-state index is 13.5. The van der Waals surface area contributed by atoms with Gasteiger partial charge in [-0.1, -0.05) is 18.2 Å². The first-order chi connectivity index (χ1) is 8.08. The van der Waals surface area contributed by atoms with E-state index in [1.807, 2.05) is 0 Å². The van der Waals surface area contributed by atoms with E-state index in [0.29, 0.717) is 10.0 Å². The first-order valence-corrected chi connectivity index (χ1v) is 6.45. The van der Waals surface area contributed by atoms with Gasteiger partial charge in [-0.25, -0.2) is 4.39 Å². The second kappa shape index (κ2) is 5.14. The zero-order chi connectivity index (χ0) is 12.4. The van der Waals surface area contributed by atoms with Crippen molar-refractivity contribution in [3.05, 3.63) is 67.2 Å². The average Bonchev–Trinajstić information content (AvgIpc) is 2.28. The van der Waals surface area contributed by atoms with Crippen LogP contribution in [0, 0.1) is 5.82 Å². The molecule has 0 saturated carbocycles. The largest absolute Gasteiger partial charge is 0.309 e. The van der Waals surface area contributed by atoms with Gasteiger partial charge in [0.1, 0.15) is 5.82 Å². The van der Waals surface area contributed by atoms with Crippen molar-refractivity contribution < 1.29 is 4.39 Å². The predicted molar refractivity (Wildman–Crippen MR) is 71.6 cm³/mol. The fraction of sp³-hybridized carbons (Fsp3) is 0.0833. The molecule has 2 nitrogen and oxygen atoms in total. The third-order valence-corrected chi connectivity index (χ3v) is 3.31. The number of rotatable bonds is 2. The van der Waals surface area contributed by atoms with Crippen LogP contribution < -0.4 is 5.56 Å². The van der Waals surface area contributed by atoms with Gasteiger partial charge < -0.3 is 4.57 Å². The molecular weight excluding hydrogens is 353 g/mol. The summed E-state index contributed by atoms with van der Waals surface area (Å²) in [6, 6.07) is 8.08. The summed E-state index contributed by atoms with van der Waals surface area (Å²) in [6.07, 6.45) is 1.64. The van der Waals surface area contributed by atoms with Crippen LogP contribution in [0.25, 0.3) is 0 Å². The first kappa shape index (κ1) is 12.5. The summed E-state index contributed by atoms with van der Waals surface area (Å²) in [5.74, 6) is -0.310. The van der Waals surface area contributed by atoms with Crippen LogP contribution in [0.5, 0.6) is 0 Å². The highest BCUT2D eigenvalue weighted by molar-refractivity contribution is 9.11. The van der Waals surface area contributed by atoms with E-state index < -0.39 is 0 Å². The van der Waals surface area contributed by atoms with Crippen LogP contribution in [0.15, 0.2) is 50.3 Å². The molecule has 1 heterocycles. The minimum Gasteiger partial charge on any atom is -0.309 e. The lowest BCUT2D eigenvalue weighted by molar-refractivity contribution is 0.595. The number of hydrogen-bond donors (Lipinski definition) is 0. The van der Waals surface area contributed by atoms with Crippen molar-refractivity contribution in [3.8, 4) is 0 Å². The van der Waals surface area contributed by atoms with Crippen molar-refractivity contribution >= 4 is 31.9 Å². The van der Waals surface area contributed by atoms with Gasteiger partial charge in [-0.05, 0) is 44.0 Å². The number of halogens is 3. The quantitative estimate of drug-likeness (QED) is 0.802. The van der Waals surface area contributed by atoms with Gasteiger partial charge in [-0.3, -0.25) is 4.79 Å². The van der Waals surface area contributed by atoms with Gasteiger partial charge >= 0.3 is 0 Å². The maximum atomic E-state index is 13.5. The Labute approximate surface area is 114 Å². The summed E-state index contributed by atoms with van der Waals surface area (Å²) >= 11 is 6.47. The lowest BCUT2D eigenvalue weighted by atomic mass is 10.2. The minimum atomic E-state index is -0.310. The van der Waals surface area contributed by atoms with Crippen molar-refractivity contribution in [2.75, 3.05) is 0 Å². The van der Waals surface area contributed by atoms with Crippen LogP contribution in [-0.4, -0.2) is 4.57 Å². The Balaban J connectivity index is 2.44. The smallest absolute Gasteiger partial charge is 0.265 e. The van der Waals surface area contributed by atoms with E-state index in [4.69, 9.17) is 0 Å². The summed E-state index contributed by atoms with van der Waals surface area (Å²) in [5.41, 5.74) is 0.302. The summed E-state index contributed by atoms with van der Waals surface area (Å²) in [4.78, 5) is 11.8. The molecule has 0 N–H and O–H groups in total. The highest BCUT2D eigenvalue weighted by atomic mass is 79.9. The van der Waals surface area contributed by atoms with Crippen LogP contribution >= 0.6 is 31.9 Å². The van der Waals surface area contributed by atoms with Gasteiger partial charge in [0.25, 0.3) is 5.56 Å². The van der Waals surface area contributed by atoms with E-state index in [0.717, 1.165) is 4.47 Å². The zero-order valence-corrected chi connectivity index (χ0v) is 11.8. The Hall–Kier alpha value is -0.940. The van der Waals surface area contributed by atoms with Crippen LogP contribution in [0.3, 0.4) is 0 Å². The highest BCUT2D eigenvalue weighted by Gasteiger charge is 2.06. The SMILES string of the molecule is O=c1c(Br)cc(Br)cn1Cc1ccccc1F. The third kappa shape index (κ3) is 2.84. The maximum Gasteiger partial charge on any atom is 0.265 e. The van der Waals surface area contributed by atoms with E-state index in [2.05, 4.69) is 31.9 Å². The molecule has 0 aliphatic rings. The van der Waals surface area contributed by atoms with Crippen LogP contribution in [-0.2, 0) is 6.54 Å². The van der Waals surface area contributed by atoms with E-state index >= 15 is 0 Å². The minimum absolute atomic E-state index is 0.184. The normalized spacial score (nSPS) is 10.5. The number of hydrogen-bond acceptors (Lipinski definition) is 1. The molecule has 0 saturated heterocycles. The van der Waals surface area contributed by atoms with E-state index in [1.165, 1.54) is 10.6 Å². The second-order valence-electron chi connectivity index (χ2n) is 3.53. The highest BCUT2D eigenvalue weighted by Crippen LogP contribution is 2.14. The standard InChI is InChI=1S/C12H8Br2FNO/c13-9-5-10(14)12(17)16(7-9)6-8-3-1-2-4-11(8)15/h1-5,7H,6H2. The molecule has 0 unspecified atom stereocenters. The summed E-state index contributed by atoms with van der Waals surface area (Å²) in [6.45, 7) is 0.212. The molecule has 0 aliphatic heterocycles. The van der Waals surface area contributed by atoms with Gasteiger partial charge in [0.15, 0.2) is 0 Å². The van der Waals surface area contributed by atoms with Gasteiger partial charge in [0.2, 0.25) is 0 Å². The topological polar surface area (TPSA) is 22.0 Å². The molecule has 2 rings (SSSR count). The molecule has 0 spiro atoms. The van der Waals surface area contributed by atoms with Gasteiger partial charge in [0.05, 0.1) is 11.0 Å². The summed E-state index contributed by atoms with van der Waals surface area (Å²) < 4.78 is 16.1. The van der Waals surface area contributed by atoms with Gasteiger partial charge in [-0.2, -0.15) is 0 Å². The molecule has 17 heavy (non-hydrogen) atoms. The van der Waals surface area contributed by atoms with Crippen molar-refractivity contribution in [3.63, 3.8) is 0 Å². The molecule has 1 aromatic carbocycles. The number of nitrogens with zero attached hydrogens (tertiary/aromatic N) is 1. The average molecular weight is 361 g/mol. The molecule has 0 atom stereocenters. The molecule has 5 heteroatoms. The molecule has 88 valence electrons. The Morgan fingerprint density at radius 1 is 1.24 bits per heavy atom. The lowest BCUT2D eigenvalue weighted by Gasteiger charge is -2.08. The van der Waals surface area contributed by atoms with E-state index in [9.17, 15) is 9.18 Å². The summed E-state index contributed by atoms with van der Waals surface area (Å²) in [7, 11) is 0. The van der Waals surface area contributed by atoms with Crippen molar-refractivity contribution in [2.45, 2.75) is 6.54 Å². The van der Waals surface area contributed by atoms with Crippen LogP contribution in [0.1, 0.15) is 5.56 Å². The molecule has 0 radical (unpaired) electrons. The molecule has 0 fully saturated rings. The van der Waals surface area contributed by atoms with Crippen molar-refractivity contribution in [1.82, 2.24) is 4.57 Å².